The van der Waals surface area contributed by atoms with Gasteiger partial charge in [0.05, 0.1) is 22.5 Å². The van der Waals surface area contributed by atoms with E-state index in [0.29, 0.717) is 15.8 Å². The van der Waals surface area contributed by atoms with Crippen molar-refractivity contribution in [3.05, 3.63) is 85.9 Å². The molecule has 0 amide bonds. The van der Waals surface area contributed by atoms with Gasteiger partial charge in [0.1, 0.15) is 5.82 Å². The van der Waals surface area contributed by atoms with Crippen molar-refractivity contribution in [2.24, 2.45) is 5.10 Å². The van der Waals surface area contributed by atoms with E-state index in [0.717, 1.165) is 17.0 Å². The second kappa shape index (κ2) is 7.71. The van der Waals surface area contributed by atoms with Crippen molar-refractivity contribution in [3.8, 4) is 5.69 Å². The topological polar surface area (TPSA) is 72.5 Å². The first-order chi connectivity index (χ1) is 12.9. The van der Waals surface area contributed by atoms with E-state index in [1.165, 1.54) is 18.2 Å². The molecule has 0 bridgehead atoms. The van der Waals surface area contributed by atoms with Crippen LogP contribution in [0.4, 0.5) is 15.8 Å². The van der Waals surface area contributed by atoms with E-state index < -0.39 is 4.92 Å². The number of nitrogens with zero attached hydrogens (tertiary/aromatic N) is 3. The zero-order chi connectivity index (χ0) is 19.6. The number of rotatable bonds is 5. The highest BCUT2D eigenvalue weighted by Gasteiger charge is 2.13. The molecule has 0 atom stereocenters. The molecule has 27 heavy (non-hydrogen) atoms. The largest absolute Gasteiger partial charge is 0.315 e. The standard InChI is InChI=1S/C19H16BrFN4O2/c1-12-9-14(11-22-23-16-4-6-17(7-5-16)25(26)27)13(2)24(12)19-8-3-15(20)10-18(19)21/h3-11,23H,1-2H3/b22-11+. The minimum Gasteiger partial charge on any atom is -0.315 e. The number of halogens is 2. The lowest BCUT2D eigenvalue weighted by molar-refractivity contribution is -0.384. The normalized spacial score (nSPS) is 11.1. The number of hydrogen-bond acceptors (Lipinski definition) is 4. The summed E-state index contributed by atoms with van der Waals surface area (Å²) in [4.78, 5) is 10.2. The smallest absolute Gasteiger partial charge is 0.269 e. The van der Waals surface area contributed by atoms with Crippen LogP contribution >= 0.6 is 15.9 Å². The van der Waals surface area contributed by atoms with Gasteiger partial charge in [-0.25, -0.2) is 4.39 Å². The van der Waals surface area contributed by atoms with Crippen LogP contribution in [0.25, 0.3) is 5.69 Å². The highest BCUT2D eigenvalue weighted by molar-refractivity contribution is 9.10. The van der Waals surface area contributed by atoms with E-state index in [2.05, 4.69) is 26.5 Å². The number of anilines is 1. The monoisotopic (exact) mass is 430 g/mol. The molecule has 3 rings (SSSR count). The summed E-state index contributed by atoms with van der Waals surface area (Å²) >= 11 is 3.26. The maximum atomic E-state index is 14.3. The average molecular weight is 431 g/mol. The Hall–Kier alpha value is -3.00. The minimum atomic E-state index is -0.455. The maximum absolute atomic E-state index is 14.3. The quantitative estimate of drug-likeness (QED) is 0.336. The first kappa shape index (κ1) is 18.8. The Morgan fingerprint density at radius 3 is 2.52 bits per heavy atom. The van der Waals surface area contributed by atoms with Crippen LogP contribution in [0, 0.1) is 29.8 Å². The van der Waals surface area contributed by atoms with Crippen LogP contribution in [0.3, 0.4) is 0 Å². The van der Waals surface area contributed by atoms with Gasteiger partial charge >= 0.3 is 0 Å². The molecular formula is C19H16BrFN4O2. The van der Waals surface area contributed by atoms with E-state index in [-0.39, 0.29) is 11.5 Å². The Labute approximate surface area is 163 Å². The molecule has 0 radical (unpaired) electrons. The van der Waals surface area contributed by atoms with E-state index in [1.54, 1.807) is 30.5 Å². The lowest BCUT2D eigenvalue weighted by atomic mass is 10.2. The van der Waals surface area contributed by atoms with Crippen LogP contribution in [0.2, 0.25) is 0 Å². The molecule has 1 N–H and O–H groups in total. The van der Waals surface area contributed by atoms with E-state index in [4.69, 9.17) is 0 Å². The molecule has 1 aromatic heterocycles. The number of nitrogens with one attached hydrogen (secondary N) is 1. The van der Waals surface area contributed by atoms with Gasteiger partial charge in [-0.05, 0) is 50.2 Å². The van der Waals surface area contributed by atoms with Gasteiger partial charge in [0.25, 0.3) is 5.69 Å². The first-order valence-corrected chi connectivity index (χ1v) is 8.84. The SMILES string of the molecule is Cc1cc(/C=N/Nc2ccc([N+](=O)[O-])cc2)c(C)n1-c1ccc(Br)cc1F. The number of benzene rings is 2. The van der Waals surface area contributed by atoms with E-state index >= 15 is 0 Å². The van der Waals surface area contributed by atoms with Crippen LogP contribution in [0.1, 0.15) is 17.0 Å². The summed E-state index contributed by atoms with van der Waals surface area (Å²) in [5, 5.41) is 14.8. The van der Waals surface area contributed by atoms with Crippen molar-refractivity contribution in [1.82, 2.24) is 4.57 Å². The molecular weight excluding hydrogens is 415 g/mol. The summed E-state index contributed by atoms with van der Waals surface area (Å²) in [6.07, 6.45) is 1.64. The van der Waals surface area contributed by atoms with E-state index in [9.17, 15) is 14.5 Å². The second-order valence-corrected chi connectivity index (χ2v) is 6.85. The first-order valence-electron chi connectivity index (χ1n) is 8.04. The van der Waals surface area contributed by atoms with Gasteiger partial charge in [0.2, 0.25) is 0 Å². The zero-order valence-electron chi connectivity index (χ0n) is 14.6. The zero-order valence-corrected chi connectivity index (χ0v) is 16.2. The average Bonchev–Trinajstić information content (AvgIpc) is 2.90. The van der Waals surface area contributed by atoms with Crippen LogP contribution in [0.15, 0.2) is 58.1 Å². The molecule has 1 heterocycles. The Kier molecular flexibility index (Phi) is 5.36. The van der Waals surface area contributed by atoms with Crippen LogP contribution in [0.5, 0.6) is 0 Å². The van der Waals surface area contributed by atoms with Crippen molar-refractivity contribution in [1.29, 1.82) is 0 Å². The highest BCUT2D eigenvalue weighted by atomic mass is 79.9. The molecule has 0 aliphatic carbocycles. The third-order valence-electron chi connectivity index (χ3n) is 4.10. The van der Waals surface area contributed by atoms with Crippen molar-refractivity contribution < 1.29 is 9.31 Å². The molecule has 0 saturated carbocycles. The maximum Gasteiger partial charge on any atom is 0.269 e. The van der Waals surface area contributed by atoms with Gasteiger partial charge in [0.15, 0.2) is 0 Å². The Bertz CT molecular complexity index is 1030. The van der Waals surface area contributed by atoms with E-state index in [1.807, 2.05) is 24.5 Å². The summed E-state index contributed by atoms with van der Waals surface area (Å²) in [6.45, 7) is 3.79. The summed E-state index contributed by atoms with van der Waals surface area (Å²) in [5.74, 6) is -0.321. The molecule has 8 heteroatoms. The van der Waals surface area contributed by atoms with Gasteiger partial charge in [-0.3, -0.25) is 15.5 Å². The van der Waals surface area contributed by atoms with Gasteiger partial charge in [-0.1, -0.05) is 15.9 Å². The molecule has 0 aliphatic heterocycles. The summed E-state index contributed by atoms with van der Waals surface area (Å²) < 4.78 is 16.8. The number of aryl methyl sites for hydroxylation is 1. The summed E-state index contributed by atoms with van der Waals surface area (Å²) in [5.41, 5.74) is 6.51. The van der Waals surface area contributed by atoms with Crippen LogP contribution < -0.4 is 5.43 Å². The number of aromatic nitrogens is 1. The van der Waals surface area contributed by atoms with Gasteiger partial charge < -0.3 is 4.57 Å². The van der Waals surface area contributed by atoms with Gasteiger partial charge in [-0.15, -0.1) is 0 Å². The predicted molar refractivity (Wildman–Crippen MR) is 107 cm³/mol. The molecule has 0 fully saturated rings. The fraction of sp³-hybridized carbons (Fsp3) is 0.105. The third kappa shape index (κ3) is 4.06. The van der Waals surface area contributed by atoms with Gasteiger partial charge in [-0.2, -0.15) is 5.10 Å². The molecule has 3 aromatic rings. The highest BCUT2D eigenvalue weighted by Crippen LogP contribution is 2.24. The lowest BCUT2D eigenvalue weighted by Crippen LogP contribution is -2.02. The van der Waals surface area contributed by atoms with Crippen molar-refractivity contribution in [3.63, 3.8) is 0 Å². The fourth-order valence-corrected chi connectivity index (χ4v) is 3.12. The number of nitro groups is 1. The molecule has 0 saturated heterocycles. The number of nitro benzene ring substituents is 1. The molecule has 0 spiro atoms. The van der Waals surface area contributed by atoms with Gasteiger partial charge in [0, 0.05) is 33.6 Å². The second-order valence-electron chi connectivity index (χ2n) is 5.93. The number of hydrazone groups is 1. The van der Waals surface area contributed by atoms with Crippen LogP contribution in [-0.4, -0.2) is 15.7 Å². The predicted octanol–water partition coefficient (Wildman–Crippen LogP) is 5.35. The fourth-order valence-electron chi connectivity index (χ4n) is 2.79. The molecule has 2 aromatic carbocycles. The summed E-state index contributed by atoms with van der Waals surface area (Å²) in [6, 6.07) is 12.8. The molecule has 138 valence electrons. The Morgan fingerprint density at radius 1 is 1.19 bits per heavy atom. The molecule has 0 unspecified atom stereocenters. The Morgan fingerprint density at radius 2 is 1.89 bits per heavy atom. The van der Waals surface area contributed by atoms with Crippen molar-refractivity contribution in [2.75, 3.05) is 5.43 Å². The number of non-ortho nitro benzene ring substituents is 1. The minimum absolute atomic E-state index is 0.0181. The number of hydrogen-bond donors (Lipinski definition) is 1. The Balaban J connectivity index is 1.82. The van der Waals surface area contributed by atoms with Crippen molar-refractivity contribution >= 4 is 33.5 Å². The third-order valence-corrected chi connectivity index (χ3v) is 4.59. The van der Waals surface area contributed by atoms with Crippen LogP contribution in [-0.2, 0) is 0 Å². The molecule has 0 aliphatic rings. The lowest BCUT2D eigenvalue weighted by Gasteiger charge is -2.11. The summed E-state index contributed by atoms with van der Waals surface area (Å²) in [7, 11) is 0. The molecule has 6 nitrogen and oxygen atoms in total. The van der Waals surface area contributed by atoms with Crippen molar-refractivity contribution in [2.45, 2.75) is 13.8 Å².